The zero-order chi connectivity index (χ0) is 19.8. The molecule has 0 saturated carbocycles. The Morgan fingerprint density at radius 1 is 1.21 bits per heavy atom. The van der Waals surface area contributed by atoms with Crippen LogP contribution in [0.3, 0.4) is 0 Å². The predicted molar refractivity (Wildman–Crippen MR) is 125 cm³/mol. The first kappa shape index (κ1) is 19.3. The molecule has 0 bridgehead atoms. The lowest BCUT2D eigenvalue weighted by Gasteiger charge is -2.31. The maximum Gasteiger partial charge on any atom is 0.224 e. The maximum atomic E-state index is 11.8. The molecule has 1 N–H and O–H groups in total. The van der Waals surface area contributed by atoms with E-state index in [9.17, 15) is 4.79 Å². The van der Waals surface area contributed by atoms with E-state index >= 15 is 0 Å². The highest BCUT2D eigenvalue weighted by molar-refractivity contribution is 7.17. The van der Waals surface area contributed by atoms with E-state index in [-0.39, 0.29) is 5.91 Å². The molecule has 4 heterocycles. The Bertz CT molecular complexity index is 1030. The van der Waals surface area contributed by atoms with Crippen molar-refractivity contribution in [2.75, 3.05) is 25.0 Å². The van der Waals surface area contributed by atoms with E-state index in [1.54, 1.807) is 5.56 Å². The van der Waals surface area contributed by atoms with Gasteiger partial charge in [0.25, 0.3) is 0 Å². The second-order valence-corrected chi connectivity index (χ2v) is 10.6. The molecule has 0 unspecified atom stereocenters. The van der Waals surface area contributed by atoms with Crippen LogP contribution in [0.1, 0.15) is 52.5 Å². The number of carbonyl (C=O) groups excluding carboxylic acids is 1. The molecule has 3 nitrogen and oxygen atoms in total. The number of thiophene rings is 2. The third-order valence-electron chi connectivity index (χ3n) is 6.47. The number of nitrogens with one attached hydrogen (secondary N) is 1. The summed E-state index contributed by atoms with van der Waals surface area (Å²) in [6, 6.07) is 8.95. The molecule has 0 atom stereocenters. The highest BCUT2D eigenvalue weighted by Gasteiger charge is 2.23. The number of aryl methyl sites for hydroxylation is 2. The van der Waals surface area contributed by atoms with Crippen molar-refractivity contribution in [3.8, 4) is 0 Å². The zero-order valence-electron chi connectivity index (χ0n) is 17.0. The number of nitrogens with zero attached hydrogens (tertiary/aromatic N) is 1. The number of anilines is 1. The first-order chi connectivity index (χ1) is 14.2. The first-order valence-corrected chi connectivity index (χ1v) is 12.5. The fourth-order valence-electron chi connectivity index (χ4n) is 4.80. The van der Waals surface area contributed by atoms with Crippen molar-refractivity contribution < 1.29 is 4.79 Å². The van der Waals surface area contributed by atoms with Crippen LogP contribution >= 0.6 is 22.7 Å². The molecule has 1 fully saturated rings. The van der Waals surface area contributed by atoms with Crippen molar-refractivity contribution in [2.24, 2.45) is 0 Å². The van der Waals surface area contributed by atoms with Crippen LogP contribution in [0.25, 0.3) is 10.1 Å². The molecule has 152 valence electrons. The number of hydrogen-bond acceptors (Lipinski definition) is 4. The fraction of sp³-hybridized carbons (Fsp3) is 0.458. The van der Waals surface area contributed by atoms with Gasteiger partial charge in [0.15, 0.2) is 0 Å². The van der Waals surface area contributed by atoms with E-state index in [2.05, 4.69) is 46.8 Å². The lowest BCUT2D eigenvalue weighted by molar-refractivity contribution is -0.116. The number of fused-ring (bicyclic) bond motifs is 2. The first-order valence-electron chi connectivity index (χ1n) is 10.8. The number of rotatable bonds is 4. The van der Waals surface area contributed by atoms with Gasteiger partial charge in [-0.25, -0.2) is 0 Å². The summed E-state index contributed by atoms with van der Waals surface area (Å²) in [5, 5.41) is 6.97. The standard InChI is InChI=1S/C24H28N2OS2/c1-16-4-2-5-19-20(15-28-24(16)19)17-8-11-26(12-9-17)13-10-18-14-21-22(29-18)6-3-7-23(27)25-21/h2,4-5,14-15,17H,3,6-13H2,1H3,(H,25,27). The topological polar surface area (TPSA) is 32.3 Å². The molecule has 1 saturated heterocycles. The predicted octanol–water partition coefficient (Wildman–Crippen LogP) is 5.97. The van der Waals surface area contributed by atoms with Crippen LogP contribution in [-0.2, 0) is 17.6 Å². The number of carbonyl (C=O) groups is 1. The minimum absolute atomic E-state index is 0.173. The van der Waals surface area contributed by atoms with E-state index in [0.717, 1.165) is 31.5 Å². The fourth-order valence-corrected chi connectivity index (χ4v) is 7.08. The Labute approximate surface area is 180 Å². The number of hydrogen-bond donors (Lipinski definition) is 1. The summed E-state index contributed by atoms with van der Waals surface area (Å²) in [5.41, 5.74) is 4.05. The Balaban J connectivity index is 1.18. The van der Waals surface area contributed by atoms with Crippen LogP contribution in [0.5, 0.6) is 0 Å². The molecule has 29 heavy (non-hydrogen) atoms. The van der Waals surface area contributed by atoms with Gasteiger partial charge in [0.05, 0.1) is 5.69 Å². The van der Waals surface area contributed by atoms with Crippen molar-refractivity contribution in [3.05, 3.63) is 50.5 Å². The van der Waals surface area contributed by atoms with Gasteiger partial charge >= 0.3 is 0 Å². The SMILES string of the molecule is Cc1cccc2c(C3CCN(CCc4cc5c(s4)CCCC(=O)N5)CC3)csc12. The van der Waals surface area contributed by atoms with Crippen molar-refractivity contribution in [2.45, 2.75) is 51.4 Å². The molecule has 0 spiro atoms. The Hall–Kier alpha value is -1.69. The van der Waals surface area contributed by atoms with Gasteiger partial charge in [0.2, 0.25) is 5.91 Å². The molecule has 1 amide bonds. The van der Waals surface area contributed by atoms with Gasteiger partial charge in [-0.3, -0.25) is 4.79 Å². The number of likely N-dealkylation sites (tertiary alicyclic amines) is 1. The third-order valence-corrected chi connectivity index (χ3v) is 8.87. The monoisotopic (exact) mass is 424 g/mol. The summed E-state index contributed by atoms with van der Waals surface area (Å²) in [6.45, 7) is 5.73. The Kier molecular flexibility index (Phi) is 5.46. The van der Waals surface area contributed by atoms with Gasteiger partial charge in [-0.2, -0.15) is 0 Å². The average molecular weight is 425 g/mol. The van der Waals surface area contributed by atoms with Crippen molar-refractivity contribution in [3.63, 3.8) is 0 Å². The minimum Gasteiger partial charge on any atom is -0.325 e. The van der Waals surface area contributed by atoms with Crippen molar-refractivity contribution >= 4 is 44.4 Å². The highest BCUT2D eigenvalue weighted by atomic mass is 32.1. The van der Waals surface area contributed by atoms with E-state index in [4.69, 9.17) is 0 Å². The smallest absolute Gasteiger partial charge is 0.224 e. The molecular formula is C24H28N2OS2. The molecule has 0 aliphatic carbocycles. The number of benzene rings is 1. The summed E-state index contributed by atoms with van der Waals surface area (Å²) in [6.07, 6.45) is 6.29. The molecule has 2 aliphatic rings. The molecule has 0 radical (unpaired) electrons. The Morgan fingerprint density at radius 2 is 2.07 bits per heavy atom. The third kappa shape index (κ3) is 4.00. The number of amides is 1. The summed E-state index contributed by atoms with van der Waals surface area (Å²) >= 11 is 3.82. The van der Waals surface area contributed by atoms with Gasteiger partial charge in [-0.1, -0.05) is 18.2 Å². The summed E-state index contributed by atoms with van der Waals surface area (Å²) < 4.78 is 1.47. The molecular weight excluding hydrogens is 396 g/mol. The highest BCUT2D eigenvalue weighted by Crippen LogP contribution is 2.38. The van der Waals surface area contributed by atoms with Crippen LogP contribution in [0.4, 0.5) is 5.69 Å². The lowest BCUT2D eigenvalue weighted by atomic mass is 9.89. The van der Waals surface area contributed by atoms with Gasteiger partial charge in [-0.15, -0.1) is 22.7 Å². The molecule has 5 heteroatoms. The van der Waals surface area contributed by atoms with E-state index < -0.39 is 0 Å². The second kappa shape index (κ2) is 8.21. The molecule has 1 aromatic carbocycles. The van der Waals surface area contributed by atoms with Crippen LogP contribution in [0.15, 0.2) is 29.6 Å². The lowest BCUT2D eigenvalue weighted by Crippen LogP contribution is -2.34. The van der Waals surface area contributed by atoms with Gasteiger partial charge in [0.1, 0.15) is 0 Å². The van der Waals surface area contributed by atoms with Crippen LogP contribution in [-0.4, -0.2) is 30.4 Å². The molecule has 2 aromatic heterocycles. The maximum absolute atomic E-state index is 11.8. The second-order valence-electron chi connectivity index (χ2n) is 8.46. The molecule has 5 rings (SSSR count). The van der Waals surface area contributed by atoms with E-state index in [1.807, 2.05) is 22.7 Å². The summed E-state index contributed by atoms with van der Waals surface area (Å²) in [4.78, 5) is 17.2. The van der Waals surface area contributed by atoms with Crippen molar-refractivity contribution in [1.29, 1.82) is 0 Å². The van der Waals surface area contributed by atoms with Crippen LogP contribution < -0.4 is 5.32 Å². The van der Waals surface area contributed by atoms with Gasteiger partial charge in [0, 0.05) is 27.4 Å². The number of piperidine rings is 1. The average Bonchev–Trinajstić information content (AvgIpc) is 3.28. The quantitative estimate of drug-likeness (QED) is 0.560. The molecule has 3 aromatic rings. The van der Waals surface area contributed by atoms with Gasteiger partial charge < -0.3 is 10.2 Å². The molecule has 2 aliphatic heterocycles. The summed E-state index contributed by atoms with van der Waals surface area (Å²) in [7, 11) is 0. The van der Waals surface area contributed by atoms with E-state index in [1.165, 1.54) is 51.3 Å². The van der Waals surface area contributed by atoms with Crippen LogP contribution in [0.2, 0.25) is 0 Å². The zero-order valence-corrected chi connectivity index (χ0v) is 18.6. The Morgan fingerprint density at radius 3 is 2.93 bits per heavy atom. The minimum atomic E-state index is 0.173. The normalized spacial score (nSPS) is 18.6. The van der Waals surface area contributed by atoms with Crippen molar-refractivity contribution in [1.82, 2.24) is 4.90 Å². The van der Waals surface area contributed by atoms with E-state index in [0.29, 0.717) is 12.3 Å². The van der Waals surface area contributed by atoms with Gasteiger partial charge in [-0.05, 0) is 86.0 Å². The van der Waals surface area contributed by atoms with Crippen LogP contribution in [0, 0.1) is 6.92 Å². The summed E-state index contributed by atoms with van der Waals surface area (Å²) in [5.74, 6) is 0.876. The largest absolute Gasteiger partial charge is 0.325 e.